The van der Waals surface area contributed by atoms with Gasteiger partial charge in [0.05, 0.1) is 7.11 Å². The fraction of sp³-hybridized carbons (Fsp3) is 0.133. The number of methoxy groups -OCH3 is 1. The molecule has 0 aliphatic rings. The van der Waals surface area contributed by atoms with Crippen molar-refractivity contribution in [3.63, 3.8) is 0 Å². The molecule has 2 rings (SSSR count). The molecule has 0 aromatic heterocycles. The van der Waals surface area contributed by atoms with Gasteiger partial charge in [-0.1, -0.05) is 30.3 Å². The lowest BCUT2D eigenvalue weighted by molar-refractivity contribution is -0.150. The first-order chi connectivity index (χ1) is 9.11. The average Bonchev–Trinajstić information content (AvgIpc) is 2.46. The molecule has 0 aliphatic carbocycles. The van der Waals surface area contributed by atoms with Gasteiger partial charge in [0, 0.05) is 0 Å². The highest BCUT2D eigenvalue weighted by atomic mass is 19.1. The van der Waals surface area contributed by atoms with Gasteiger partial charge in [-0.25, -0.2) is 9.18 Å². The van der Waals surface area contributed by atoms with Crippen LogP contribution in [0.2, 0.25) is 0 Å². The van der Waals surface area contributed by atoms with Crippen LogP contribution in [0.25, 0.3) is 11.1 Å². The van der Waals surface area contributed by atoms with Crippen molar-refractivity contribution >= 4 is 5.97 Å². The molecule has 0 radical (unpaired) electrons. The van der Waals surface area contributed by atoms with Crippen LogP contribution in [0.3, 0.4) is 0 Å². The Hall–Kier alpha value is -2.20. The van der Waals surface area contributed by atoms with Gasteiger partial charge in [-0.2, -0.15) is 0 Å². The Labute approximate surface area is 110 Å². The van der Waals surface area contributed by atoms with Gasteiger partial charge in [-0.05, 0) is 34.9 Å². The number of aliphatic hydroxyl groups is 1. The number of benzene rings is 2. The molecule has 3 nitrogen and oxygen atoms in total. The van der Waals surface area contributed by atoms with E-state index in [1.54, 1.807) is 36.4 Å². The van der Waals surface area contributed by atoms with Crippen molar-refractivity contribution in [2.75, 3.05) is 7.11 Å². The number of aliphatic hydroxyl groups excluding tert-OH is 1. The van der Waals surface area contributed by atoms with Crippen LogP contribution >= 0.6 is 0 Å². The third-order valence-corrected chi connectivity index (χ3v) is 2.78. The molecule has 1 atom stereocenters. The number of hydrogen-bond donors (Lipinski definition) is 1. The van der Waals surface area contributed by atoms with Crippen LogP contribution in [0.15, 0.2) is 48.5 Å². The molecular formula is C15H13FO3. The number of carbonyl (C=O) groups is 1. The molecule has 0 spiro atoms. The van der Waals surface area contributed by atoms with Crippen LogP contribution in [0, 0.1) is 5.82 Å². The van der Waals surface area contributed by atoms with Crippen molar-refractivity contribution < 1.29 is 19.0 Å². The van der Waals surface area contributed by atoms with Gasteiger partial charge in [0.15, 0.2) is 6.10 Å². The topological polar surface area (TPSA) is 46.5 Å². The summed E-state index contributed by atoms with van der Waals surface area (Å²) in [6.45, 7) is 0. The Morgan fingerprint density at radius 1 is 1.16 bits per heavy atom. The monoisotopic (exact) mass is 260 g/mol. The molecule has 1 N–H and O–H groups in total. The maximum Gasteiger partial charge on any atom is 0.339 e. The highest BCUT2D eigenvalue weighted by Gasteiger charge is 2.18. The van der Waals surface area contributed by atoms with Crippen LogP contribution in [-0.4, -0.2) is 18.2 Å². The minimum Gasteiger partial charge on any atom is -0.467 e. The number of carbonyl (C=O) groups excluding carboxylic acids is 1. The fourth-order valence-electron chi connectivity index (χ4n) is 1.80. The maximum atomic E-state index is 13.2. The van der Waals surface area contributed by atoms with E-state index in [0.717, 1.165) is 5.56 Å². The van der Waals surface area contributed by atoms with Gasteiger partial charge < -0.3 is 9.84 Å². The van der Waals surface area contributed by atoms with Crippen LogP contribution in [0.5, 0.6) is 0 Å². The SMILES string of the molecule is COC(=O)C(O)c1cccc(-c2cccc(F)c2)c1. The summed E-state index contributed by atoms with van der Waals surface area (Å²) < 4.78 is 17.7. The summed E-state index contributed by atoms with van der Waals surface area (Å²) in [5.41, 5.74) is 1.81. The van der Waals surface area contributed by atoms with E-state index in [0.29, 0.717) is 11.1 Å². The van der Waals surface area contributed by atoms with E-state index >= 15 is 0 Å². The summed E-state index contributed by atoms with van der Waals surface area (Å²) in [5, 5.41) is 9.77. The molecule has 19 heavy (non-hydrogen) atoms. The number of halogens is 1. The Morgan fingerprint density at radius 2 is 1.79 bits per heavy atom. The van der Waals surface area contributed by atoms with Crippen molar-refractivity contribution in [3.05, 3.63) is 59.9 Å². The van der Waals surface area contributed by atoms with Crippen molar-refractivity contribution in [2.24, 2.45) is 0 Å². The number of esters is 1. The van der Waals surface area contributed by atoms with E-state index in [-0.39, 0.29) is 5.82 Å². The predicted octanol–water partition coefficient (Wildman–Crippen LogP) is 2.70. The maximum absolute atomic E-state index is 13.2. The van der Waals surface area contributed by atoms with Crippen molar-refractivity contribution in [2.45, 2.75) is 6.10 Å². The van der Waals surface area contributed by atoms with Crippen molar-refractivity contribution in [3.8, 4) is 11.1 Å². The van der Waals surface area contributed by atoms with E-state index in [9.17, 15) is 14.3 Å². The molecule has 0 saturated heterocycles. The second-order valence-electron chi connectivity index (χ2n) is 4.06. The lowest BCUT2D eigenvalue weighted by Gasteiger charge is -2.10. The zero-order chi connectivity index (χ0) is 13.8. The smallest absolute Gasteiger partial charge is 0.339 e. The minimum atomic E-state index is -1.33. The van der Waals surface area contributed by atoms with Gasteiger partial charge in [0.2, 0.25) is 0 Å². The summed E-state index contributed by atoms with van der Waals surface area (Å²) in [4.78, 5) is 11.3. The molecule has 0 aliphatic heterocycles. The minimum absolute atomic E-state index is 0.337. The van der Waals surface area contributed by atoms with Gasteiger partial charge >= 0.3 is 5.97 Å². The summed E-state index contributed by atoms with van der Waals surface area (Å²) in [6, 6.07) is 12.8. The first-order valence-corrected chi connectivity index (χ1v) is 5.73. The third-order valence-electron chi connectivity index (χ3n) is 2.78. The van der Waals surface area contributed by atoms with Crippen LogP contribution in [-0.2, 0) is 9.53 Å². The molecule has 0 fully saturated rings. The third kappa shape index (κ3) is 2.98. The summed E-state index contributed by atoms with van der Waals surface area (Å²) >= 11 is 0. The molecule has 0 saturated carbocycles. The van der Waals surface area contributed by atoms with Crippen LogP contribution in [0.4, 0.5) is 4.39 Å². The highest BCUT2D eigenvalue weighted by molar-refractivity contribution is 5.77. The standard InChI is InChI=1S/C15H13FO3/c1-19-15(18)14(17)12-6-2-4-10(8-12)11-5-3-7-13(16)9-11/h2-9,14,17H,1H3. The summed E-state index contributed by atoms with van der Waals surface area (Å²) in [7, 11) is 1.21. The van der Waals surface area contributed by atoms with Crippen molar-refractivity contribution in [1.82, 2.24) is 0 Å². The Morgan fingerprint density at radius 3 is 2.42 bits per heavy atom. The average molecular weight is 260 g/mol. The van der Waals surface area contributed by atoms with Crippen LogP contribution in [0.1, 0.15) is 11.7 Å². The molecular weight excluding hydrogens is 247 g/mol. The number of hydrogen-bond acceptors (Lipinski definition) is 3. The predicted molar refractivity (Wildman–Crippen MR) is 68.8 cm³/mol. The first-order valence-electron chi connectivity index (χ1n) is 5.73. The molecule has 2 aromatic carbocycles. The molecule has 0 bridgehead atoms. The molecule has 0 amide bonds. The van der Waals surface area contributed by atoms with Gasteiger partial charge in [-0.3, -0.25) is 0 Å². The summed E-state index contributed by atoms with van der Waals surface area (Å²) in [6.07, 6.45) is -1.33. The van der Waals surface area contributed by atoms with E-state index < -0.39 is 12.1 Å². The molecule has 0 heterocycles. The zero-order valence-corrected chi connectivity index (χ0v) is 10.3. The van der Waals surface area contributed by atoms with E-state index in [2.05, 4.69) is 4.74 Å². The molecule has 1 unspecified atom stereocenters. The highest BCUT2D eigenvalue weighted by Crippen LogP contribution is 2.24. The molecule has 4 heteroatoms. The quantitative estimate of drug-likeness (QED) is 0.863. The summed E-state index contributed by atoms with van der Waals surface area (Å²) in [5.74, 6) is -1.06. The van der Waals surface area contributed by atoms with Gasteiger partial charge in [0.1, 0.15) is 5.82 Å². The lowest BCUT2D eigenvalue weighted by atomic mass is 10.0. The molecule has 2 aromatic rings. The largest absolute Gasteiger partial charge is 0.467 e. The zero-order valence-electron chi connectivity index (χ0n) is 10.3. The van der Waals surface area contributed by atoms with E-state index in [4.69, 9.17) is 0 Å². The van der Waals surface area contributed by atoms with E-state index in [1.807, 2.05) is 0 Å². The number of rotatable bonds is 3. The second-order valence-corrected chi connectivity index (χ2v) is 4.06. The second kappa shape index (κ2) is 5.63. The fourth-order valence-corrected chi connectivity index (χ4v) is 1.80. The van der Waals surface area contributed by atoms with E-state index in [1.165, 1.54) is 19.2 Å². The van der Waals surface area contributed by atoms with Crippen molar-refractivity contribution in [1.29, 1.82) is 0 Å². The van der Waals surface area contributed by atoms with Gasteiger partial charge in [-0.15, -0.1) is 0 Å². The Balaban J connectivity index is 2.37. The first kappa shape index (κ1) is 13.2. The van der Waals surface area contributed by atoms with Crippen LogP contribution < -0.4 is 0 Å². The lowest BCUT2D eigenvalue weighted by Crippen LogP contribution is -2.13. The van der Waals surface area contributed by atoms with Gasteiger partial charge in [0.25, 0.3) is 0 Å². The normalized spacial score (nSPS) is 11.9. The Bertz CT molecular complexity index is 595. The Kier molecular flexibility index (Phi) is 3.92. The molecule has 98 valence electrons. The number of ether oxygens (including phenoxy) is 1.